The number of ether oxygens (including phenoxy) is 1. The SMILES string of the molecule is CCCNCc1cccc(OCCN(C)CCC(C)C)c1. The molecule has 0 aliphatic rings. The van der Waals surface area contributed by atoms with Crippen LogP contribution in [0.1, 0.15) is 39.2 Å². The third-order valence-corrected chi connectivity index (χ3v) is 3.48. The van der Waals surface area contributed by atoms with Crippen LogP contribution in [0.5, 0.6) is 5.75 Å². The number of benzene rings is 1. The maximum absolute atomic E-state index is 5.86. The highest BCUT2D eigenvalue weighted by Crippen LogP contribution is 2.13. The van der Waals surface area contributed by atoms with E-state index in [9.17, 15) is 0 Å². The van der Waals surface area contributed by atoms with Crippen LogP contribution in [0, 0.1) is 5.92 Å². The van der Waals surface area contributed by atoms with Crippen molar-refractivity contribution in [3.63, 3.8) is 0 Å². The van der Waals surface area contributed by atoms with Gasteiger partial charge in [-0.05, 0) is 56.6 Å². The summed E-state index contributed by atoms with van der Waals surface area (Å²) in [4.78, 5) is 2.34. The van der Waals surface area contributed by atoms with Crippen LogP contribution in [-0.4, -0.2) is 38.2 Å². The first-order valence-electron chi connectivity index (χ1n) is 8.22. The quantitative estimate of drug-likeness (QED) is 0.631. The molecule has 1 aromatic carbocycles. The van der Waals surface area contributed by atoms with E-state index in [1.165, 1.54) is 18.4 Å². The van der Waals surface area contributed by atoms with Crippen molar-refractivity contribution in [2.24, 2.45) is 5.92 Å². The molecule has 1 aromatic rings. The Bertz CT molecular complexity index is 379. The molecule has 0 amide bonds. The largest absolute Gasteiger partial charge is 0.492 e. The van der Waals surface area contributed by atoms with Crippen molar-refractivity contribution >= 4 is 0 Å². The number of nitrogens with zero attached hydrogens (tertiary/aromatic N) is 1. The van der Waals surface area contributed by atoms with E-state index in [-0.39, 0.29) is 0 Å². The first-order valence-corrected chi connectivity index (χ1v) is 8.22. The topological polar surface area (TPSA) is 24.5 Å². The molecule has 0 heterocycles. The lowest BCUT2D eigenvalue weighted by Gasteiger charge is -2.18. The van der Waals surface area contributed by atoms with Crippen LogP contribution in [0.15, 0.2) is 24.3 Å². The second-order valence-corrected chi connectivity index (χ2v) is 6.16. The van der Waals surface area contributed by atoms with Gasteiger partial charge in [-0.2, -0.15) is 0 Å². The molecule has 0 atom stereocenters. The second-order valence-electron chi connectivity index (χ2n) is 6.16. The molecule has 3 heteroatoms. The molecule has 3 nitrogen and oxygen atoms in total. The van der Waals surface area contributed by atoms with Crippen LogP contribution in [0.25, 0.3) is 0 Å². The molecule has 0 bridgehead atoms. The van der Waals surface area contributed by atoms with E-state index in [0.29, 0.717) is 0 Å². The van der Waals surface area contributed by atoms with Gasteiger partial charge in [0.15, 0.2) is 0 Å². The summed E-state index contributed by atoms with van der Waals surface area (Å²) in [7, 11) is 2.16. The Balaban J connectivity index is 2.26. The predicted molar refractivity (Wildman–Crippen MR) is 90.9 cm³/mol. The van der Waals surface area contributed by atoms with Crippen molar-refractivity contribution in [3.8, 4) is 5.75 Å². The van der Waals surface area contributed by atoms with Crippen LogP contribution in [0.2, 0.25) is 0 Å². The highest BCUT2D eigenvalue weighted by atomic mass is 16.5. The fraction of sp³-hybridized carbons (Fsp3) is 0.667. The number of nitrogens with one attached hydrogen (secondary N) is 1. The predicted octanol–water partition coefficient (Wildman–Crippen LogP) is 3.54. The van der Waals surface area contributed by atoms with Crippen LogP contribution < -0.4 is 10.1 Å². The van der Waals surface area contributed by atoms with E-state index in [4.69, 9.17) is 4.74 Å². The van der Waals surface area contributed by atoms with Gasteiger partial charge in [0.25, 0.3) is 0 Å². The maximum Gasteiger partial charge on any atom is 0.119 e. The van der Waals surface area contributed by atoms with Gasteiger partial charge in [-0.15, -0.1) is 0 Å². The Morgan fingerprint density at radius 1 is 1.24 bits per heavy atom. The molecular formula is C18H32N2O. The van der Waals surface area contributed by atoms with E-state index in [1.807, 2.05) is 6.07 Å². The summed E-state index contributed by atoms with van der Waals surface area (Å²) < 4.78 is 5.86. The molecule has 0 unspecified atom stereocenters. The monoisotopic (exact) mass is 292 g/mol. The Morgan fingerprint density at radius 3 is 2.76 bits per heavy atom. The van der Waals surface area contributed by atoms with Gasteiger partial charge < -0.3 is 15.0 Å². The van der Waals surface area contributed by atoms with Gasteiger partial charge in [0, 0.05) is 13.1 Å². The Hall–Kier alpha value is -1.06. The van der Waals surface area contributed by atoms with Crippen LogP contribution in [0.4, 0.5) is 0 Å². The summed E-state index contributed by atoms with van der Waals surface area (Å²) in [5.41, 5.74) is 1.29. The van der Waals surface area contributed by atoms with Crippen LogP contribution in [0.3, 0.4) is 0 Å². The summed E-state index contributed by atoms with van der Waals surface area (Å²) in [5, 5.41) is 3.42. The molecule has 120 valence electrons. The van der Waals surface area contributed by atoms with Crippen molar-refractivity contribution in [1.82, 2.24) is 10.2 Å². The molecule has 0 saturated heterocycles. The fourth-order valence-corrected chi connectivity index (χ4v) is 2.06. The summed E-state index contributed by atoms with van der Waals surface area (Å²) in [6.45, 7) is 11.6. The van der Waals surface area contributed by atoms with Gasteiger partial charge in [-0.3, -0.25) is 0 Å². The van der Waals surface area contributed by atoms with Gasteiger partial charge >= 0.3 is 0 Å². The standard InChI is InChI=1S/C18H32N2O/c1-5-10-19-15-17-7-6-8-18(14-17)21-13-12-20(4)11-9-16(2)3/h6-8,14,16,19H,5,9-13,15H2,1-4H3. The molecule has 0 aliphatic carbocycles. The van der Waals surface area contributed by atoms with E-state index >= 15 is 0 Å². The molecule has 0 saturated carbocycles. The average molecular weight is 292 g/mol. The second kappa shape index (κ2) is 10.6. The molecule has 0 radical (unpaired) electrons. The fourth-order valence-electron chi connectivity index (χ4n) is 2.06. The molecular weight excluding hydrogens is 260 g/mol. The summed E-state index contributed by atoms with van der Waals surface area (Å²) in [6.07, 6.45) is 2.41. The zero-order valence-corrected chi connectivity index (χ0v) is 14.2. The molecule has 0 aromatic heterocycles. The van der Waals surface area contributed by atoms with Gasteiger partial charge in [0.2, 0.25) is 0 Å². The lowest BCUT2D eigenvalue weighted by Crippen LogP contribution is -2.26. The lowest BCUT2D eigenvalue weighted by molar-refractivity contribution is 0.230. The number of rotatable bonds is 11. The first kappa shape index (κ1) is 18.0. The highest BCUT2D eigenvalue weighted by molar-refractivity contribution is 5.28. The summed E-state index contributed by atoms with van der Waals surface area (Å²) >= 11 is 0. The summed E-state index contributed by atoms with van der Waals surface area (Å²) in [6, 6.07) is 8.39. The Kier molecular flexibility index (Phi) is 9.11. The summed E-state index contributed by atoms with van der Waals surface area (Å²) in [5.74, 6) is 1.74. The first-order chi connectivity index (χ1) is 10.1. The minimum Gasteiger partial charge on any atom is -0.492 e. The number of hydrogen-bond donors (Lipinski definition) is 1. The smallest absolute Gasteiger partial charge is 0.119 e. The number of likely N-dealkylation sites (N-methyl/N-ethyl adjacent to an activating group) is 1. The highest BCUT2D eigenvalue weighted by Gasteiger charge is 2.02. The molecule has 21 heavy (non-hydrogen) atoms. The third-order valence-electron chi connectivity index (χ3n) is 3.48. The third kappa shape index (κ3) is 8.74. The van der Waals surface area contributed by atoms with Gasteiger partial charge in [-0.1, -0.05) is 32.9 Å². The van der Waals surface area contributed by atoms with Crippen molar-refractivity contribution < 1.29 is 4.74 Å². The maximum atomic E-state index is 5.86. The van der Waals surface area contributed by atoms with Crippen LogP contribution >= 0.6 is 0 Å². The minimum atomic E-state index is 0.750. The Labute approximate surface area is 130 Å². The van der Waals surface area contributed by atoms with Crippen molar-refractivity contribution in [1.29, 1.82) is 0 Å². The molecule has 0 spiro atoms. The van der Waals surface area contributed by atoms with Gasteiger partial charge in [-0.25, -0.2) is 0 Å². The Morgan fingerprint density at radius 2 is 2.05 bits per heavy atom. The van der Waals surface area contributed by atoms with Crippen LogP contribution in [-0.2, 0) is 6.54 Å². The zero-order chi connectivity index (χ0) is 15.5. The van der Waals surface area contributed by atoms with Gasteiger partial charge in [0.1, 0.15) is 12.4 Å². The minimum absolute atomic E-state index is 0.750. The molecule has 0 aliphatic heterocycles. The zero-order valence-electron chi connectivity index (χ0n) is 14.2. The van der Waals surface area contributed by atoms with E-state index in [1.54, 1.807) is 0 Å². The lowest BCUT2D eigenvalue weighted by atomic mass is 10.1. The van der Waals surface area contributed by atoms with E-state index < -0.39 is 0 Å². The van der Waals surface area contributed by atoms with Crippen molar-refractivity contribution in [2.75, 3.05) is 33.3 Å². The van der Waals surface area contributed by atoms with E-state index in [2.05, 4.69) is 56.2 Å². The molecule has 0 fully saturated rings. The van der Waals surface area contributed by atoms with Crippen molar-refractivity contribution in [2.45, 2.75) is 40.2 Å². The van der Waals surface area contributed by atoms with Gasteiger partial charge in [0.05, 0.1) is 0 Å². The van der Waals surface area contributed by atoms with Crippen molar-refractivity contribution in [3.05, 3.63) is 29.8 Å². The van der Waals surface area contributed by atoms with E-state index in [0.717, 1.165) is 44.5 Å². The average Bonchev–Trinajstić information content (AvgIpc) is 2.46. The number of hydrogen-bond acceptors (Lipinski definition) is 3. The molecule has 1 rings (SSSR count). The molecule has 1 N–H and O–H groups in total. The normalized spacial score (nSPS) is 11.3.